The molecule has 5 heteroatoms. The summed E-state index contributed by atoms with van der Waals surface area (Å²) in [4.78, 5) is 5.36. The first-order valence-electron chi connectivity index (χ1n) is 6.14. The molecule has 1 N–H and O–H groups in total. The van der Waals surface area contributed by atoms with Gasteiger partial charge >= 0.3 is 0 Å². The lowest BCUT2D eigenvalue weighted by atomic mass is 10.0. The minimum absolute atomic E-state index is 0.0943. The van der Waals surface area contributed by atoms with Gasteiger partial charge in [-0.2, -0.15) is 0 Å². The molecule has 2 aromatic rings. The molecule has 0 bridgehead atoms. The molecule has 0 aliphatic heterocycles. The van der Waals surface area contributed by atoms with Crippen LogP contribution in [0, 0.1) is 12.7 Å². The monoisotopic (exact) mass is 280 g/mol. The number of aromatic nitrogens is 1. The Morgan fingerprint density at radius 3 is 2.84 bits per heavy atom. The first-order valence-corrected chi connectivity index (χ1v) is 7.02. The van der Waals surface area contributed by atoms with E-state index in [0.29, 0.717) is 5.75 Å². The zero-order chi connectivity index (χ0) is 13.8. The van der Waals surface area contributed by atoms with Crippen LogP contribution >= 0.6 is 11.3 Å². The van der Waals surface area contributed by atoms with Crippen molar-refractivity contribution in [2.45, 2.75) is 19.9 Å². The Kier molecular flexibility index (Phi) is 4.50. The zero-order valence-corrected chi connectivity index (χ0v) is 12.1. The van der Waals surface area contributed by atoms with Crippen molar-refractivity contribution in [3.8, 4) is 5.75 Å². The van der Waals surface area contributed by atoms with Crippen LogP contribution in [-0.2, 0) is 0 Å². The van der Waals surface area contributed by atoms with Crippen LogP contribution in [0.3, 0.4) is 0 Å². The minimum Gasteiger partial charge on any atom is -0.496 e. The van der Waals surface area contributed by atoms with Gasteiger partial charge in [0.05, 0.1) is 24.4 Å². The Morgan fingerprint density at radius 2 is 2.26 bits per heavy atom. The fraction of sp³-hybridized carbons (Fsp3) is 0.357. The van der Waals surface area contributed by atoms with E-state index in [-0.39, 0.29) is 11.9 Å². The van der Waals surface area contributed by atoms with Gasteiger partial charge in [0, 0.05) is 10.4 Å². The van der Waals surface area contributed by atoms with Crippen LogP contribution in [0.25, 0.3) is 0 Å². The van der Waals surface area contributed by atoms with E-state index in [1.807, 2.05) is 13.8 Å². The van der Waals surface area contributed by atoms with Crippen LogP contribution in [-0.4, -0.2) is 18.6 Å². The fourth-order valence-electron chi connectivity index (χ4n) is 2.07. The Balaban J connectivity index is 2.50. The van der Waals surface area contributed by atoms with Gasteiger partial charge in [-0.05, 0) is 31.7 Å². The maximum absolute atomic E-state index is 13.5. The van der Waals surface area contributed by atoms with E-state index in [0.717, 1.165) is 22.7 Å². The quantitative estimate of drug-likeness (QED) is 0.912. The minimum atomic E-state index is -0.263. The van der Waals surface area contributed by atoms with E-state index < -0.39 is 0 Å². The summed E-state index contributed by atoms with van der Waals surface area (Å²) in [5.74, 6) is 0.418. The Labute approximate surface area is 116 Å². The molecule has 3 nitrogen and oxygen atoms in total. The molecule has 0 aliphatic rings. The fourth-order valence-corrected chi connectivity index (χ4v) is 2.96. The van der Waals surface area contributed by atoms with Crippen LogP contribution in [0.2, 0.25) is 0 Å². The van der Waals surface area contributed by atoms with Crippen molar-refractivity contribution in [1.82, 2.24) is 10.3 Å². The summed E-state index contributed by atoms with van der Waals surface area (Å²) in [6, 6.07) is 4.49. The number of aryl methyl sites for hydroxylation is 1. The lowest BCUT2D eigenvalue weighted by Crippen LogP contribution is -2.22. The molecule has 19 heavy (non-hydrogen) atoms. The molecule has 2 rings (SSSR count). The summed E-state index contributed by atoms with van der Waals surface area (Å²) < 4.78 is 18.9. The van der Waals surface area contributed by atoms with Crippen LogP contribution in [0.5, 0.6) is 5.75 Å². The first-order chi connectivity index (χ1) is 9.17. The van der Waals surface area contributed by atoms with Crippen LogP contribution in [0.15, 0.2) is 23.7 Å². The lowest BCUT2D eigenvalue weighted by Gasteiger charge is -2.20. The van der Waals surface area contributed by atoms with Gasteiger partial charge in [-0.3, -0.25) is 0 Å². The molecule has 0 amide bonds. The second-order valence-electron chi connectivity index (χ2n) is 4.18. The van der Waals surface area contributed by atoms with Crippen molar-refractivity contribution in [1.29, 1.82) is 0 Å². The van der Waals surface area contributed by atoms with E-state index in [9.17, 15) is 4.39 Å². The van der Waals surface area contributed by atoms with Gasteiger partial charge < -0.3 is 10.1 Å². The number of nitrogens with one attached hydrogen (secondary N) is 1. The summed E-state index contributed by atoms with van der Waals surface area (Å²) in [5.41, 5.74) is 3.57. The second kappa shape index (κ2) is 6.12. The molecule has 1 aromatic carbocycles. The summed E-state index contributed by atoms with van der Waals surface area (Å²) in [6.07, 6.45) is 0. The van der Waals surface area contributed by atoms with Gasteiger partial charge in [-0.25, -0.2) is 9.37 Å². The second-order valence-corrected chi connectivity index (χ2v) is 5.07. The highest BCUT2D eigenvalue weighted by atomic mass is 32.1. The molecule has 1 atom stereocenters. The predicted octanol–water partition coefficient (Wildman–Crippen LogP) is 3.30. The third kappa shape index (κ3) is 2.93. The van der Waals surface area contributed by atoms with E-state index in [1.165, 1.54) is 12.1 Å². The summed E-state index contributed by atoms with van der Waals surface area (Å²) in [6.45, 7) is 4.76. The Morgan fingerprint density at radius 1 is 1.47 bits per heavy atom. The third-order valence-corrected chi connectivity index (χ3v) is 3.95. The number of ether oxygens (including phenoxy) is 1. The van der Waals surface area contributed by atoms with Crippen molar-refractivity contribution >= 4 is 11.3 Å². The Hall–Kier alpha value is -1.46. The number of rotatable bonds is 5. The maximum atomic E-state index is 13.5. The summed E-state index contributed by atoms with van der Waals surface area (Å²) in [7, 11) is 1.60. The van der Waals surface area contributed by atoms with E-state index in [4.69, 9.17) is 4.74 Å². The number of methoxy groups -OCH3 is 1. The number of hydrogen-bond donors (Lipinski definition) is 1. The topological polar surface area (TPSA) is 34.1 Å². The largest absolute Gasteiger partial charge is 0.496 e. The summed E-state index contributed by atoms with van der Waals surface area (Å²) in [5, 5.41) is 3.37. The normalized spacial score (nSPS) is 12.4. The SMILES string of the molecule is CCNC(c1cc(F)ccc1OC)c1scnc1C. The standard InChI is InChI=1S/C14H17FN2OS/c1-4-16-13(14-9(2)17-8-19-14)11-7-10(15)5-6-12(11)18-3/h5-8,13,16H,4H2,1-3H3. The molecule has 1 unspecified atom stereocenters. The van der Waals surface area contributed by atoms with Gasteiger partial charge in [0.15, 0.2) is 0 Å². The van der Waals surface area contributed by atoms with Crippen LogP contribution < -0.4 is 10.1 Å². The average molecular weight is 280 g/mol. The molecule has 0 aliphatic carbocycles. The van der Waals surface area contributed by atoms with E-state index >= 15 is 0 Å². The van der Waals surface area contributed by atoms with Crippen LogP contribution in [0.1, 0.15) is 29.1 Å². The van der Waals surface area contributed by atoms with Crippen molar-refractivity contribution in [2.75, 3.05) is 13.7 Å². The smallest absolute Gasteiger partial charge is 0.124 e. The number of nitrogens with zero attached hydrogens (tertiary/aromatic N) is 1. The highest BCUT2D eigenvalue weighted by Crippen LogP contribution is 2.33. The van der Waals surface area contributed by atoms with Crippen molar-refractivity contribution < 1.29 is 9.13 Å². The van der Waals surface area contributed by atoms with Gasteiger partial charge in [0.1, 0.15) is 11.6 Å². The molecule has 1 heterocycles. The van der Waals surface area contributed by atoms with Crippen LogP contribution in [0.4, 0.5) is 4.39 Å². The summed E-state index contributed by atoms with van der Waals surface area (Å²) >= 11 is 1.57. The molecule has 0 spiro atoms. The lowest BCUT2D eigenvalue weighted by molar-refractivity contribution is 0.403. The third-order valence-electron chi connectivity index (χ3n) is 2.96. The van der Waals surface area contributed by atoms with Gasteiger partial charge in [0.25, 0.3) is 0 Å². The Bertz CT molecular complexity index is 556. The first kappa shape index (κ1) is 14.0. The molecule has 0 saturated carbocycles. The van der Waals surface area contributed by atoms with Gasteiger partial charge in [-0.15, -0.1) is 11.3 Å². The molecular weight excluding hydrogens is 263 g/mol. The highest BCUT2D eigenvalue weighted by molar-refractivity contribution is 7.09. The molecule has 1 aromatic heterocycles. The van der Waals surface area contributed by atoms with Gasteiger partial charge in [0.2, 0.25) is 0 Å². The number of halogens is 1. The van der Waals surface area contributed by atoms with Crippen molar-refractivity contribution in [3.05, 3.63) is 45.7 Å². The molecular formula is C14H17FN2OS. The number of benzene rings is 1. The molecule has 102 valence electrons. The molecule has 0 fully saturated rings. The van der Waals surface area contributed by atoms with E-state index in [1.54, 1.807) is 30.0 Å². The van der Waals surface area contributed by atoms with Crippen molar-refractivity contribution in [3.63, 3.8) is 0 Å². The predicted molar refractivity (Wildman–Crippen MR) is 75.3 cm³/mol. The maximum Gasteiger partial charge on any atom is 0.124 e. The van der Waals surface area contributed by atoms with Gasteiger partial charge in [-0.1, -0.05) is 6.92 Å². The van der Waals surface area contributed by atoms with E-state index in [2.05, 4.69) is 10.3 Å². The average Bonchev–Trinajstić information content (AvgIpc) is 2.82. The molecule has 0 radical (unpaired) electrons. The highest BCUT2D eigenvalue weighted by Gasteiger charge is 2.21. The van der Waals surface area contributed by atoms with Crippen molar-refractivity contribution in [2.24, 2.45) is 0 Å². The zero-order valence-electron chi connectivity index (χ0n) is 11.2. The molecule has 0 saturated heterocycles. The number of hydrogen-bond acceptors (Lipinski definition) is 4. The number of thiazole rings is 1.